The molecule has 1 saturated heterocycles. The van der Waals surface area contributed by atoms with Gasteiger partial charge in [-0.15, -0.1) is 0 Å². The molecular weight excluding hydrogens is 426 g/mol. The molecular formula is C20H19N3O5S2. The summed E-state index contributed by atoms with van der Waals surface area (Å²) in [4.78, 5) is 36.7. The van der Waals surface area contributed by atoms with Gasteiger partial charge in [0.25, 0.3) is 11.6 Å². The van der Waals surface area contributed by atoms with Crippen LogP contribution in [0.1, 0.15) is 31.4 Å². The lowest BCUT2D eigenvalue weighted by Crippen LogP contribution is -2.29. The van der Waals surface area contributed by atoms with Gasteiger partial charge in [0.1, 0.15) is 10.1 Å². The van der Waals surface area contributed by atoms with E-state index in [0.717, 1.165) is 12.8 Å². The summed E-state index contributed by atoms with van der Waals surface area (Å²) in [6.07, 6.45) is 5.71. The number of nitro groups is 1. The van der Waals surface area contributed by atoms with E-state index in [2.05, 4.69) is 5.32 Å². The average Bonchev–Trinajstić information content (AvgIpc) is 3.31. The van der Waals surface area contributed by atoms with Crippen molar-refractivity contribution in [1.82, 2.24) is 4.90 Å². The molecule has 1 N–H and O–H groups in total. The highest BCUT2D eigenvalue weighted by molar-refractivity contribution is 8.26. The van der Waals surface area contributed by atoms with E-state index in [9.17, 15) is 19.7 Å². The van der Waals surface area contributed by atoms with Crippen LogP contribution in [0.15, 0.2) is 52.0 Å². The van der Waals surface area contributed by atoms with Gasteiger partial charge >= 0.3 is 0 Å². The Hall–Kier alpha value is -2.98. The molecule has 1 aliphatic rings. The number of amides is 2. The molecule has 3 rings (SSSR count). The number of unbranched alkanes of at least 4 members (excludes halogenated alkanes) is 2. The van der Waals surface area contributed by atoms with Crippen LogP contribution in [0.3, 0.4) is 0 Å². The number of furan rings is 1. The maximum Gasteiger partial charge on any atom is 0.269 e. The number of carbonyl (C=O) groups is 2. The first kappa shape index (κ1) is 21.7. The van der Waals surface area contributed by atoms with Crippen molar-refractivity contribution in [1.29, 1.82) is 0 Å². The lowest BCUT2D eigenvalue weighted by molar-refractivity contribution is -0.384. The van der Waals surface area contributed by atoms with Gasteiger partial charge in [-0.2, -0.15) is 0 Å². The standard InChI is InChI=1S/C20H19N3O5S2/c24-18(21-14-7-9-15(10-8-14)23(26)27)6-2-1-3-11-22-19(25)17(30-20(22)29)13-16-5-4-12-28-16/h4-5,7-10,12-13H,1-3,6,11H2,(H,21,24)/b17-13-. The van der Waals surface area contributed by atoms with Gasteiger partial charge in [-0.3, -0.25) is 24.6 Å². The van der Waals surface area contributed by atoms with Crippen molar-refractivity contribution in [3.63, 3.8) is 0 Å². The number of hydrogen-bond acceptors (Lipinski definition) is 7. The number of hydrogen-bond donors (Lipinski definition) is 1. The lowest BCUT2D eigenvalue weighted by atomic mass is 10.1. The predicted molar refractivity (Wildman–Crippen MR) is 119 cm³/mol. The Balaban J connectivity index is 1.37. The Morgan fingerprint density at radius 3 is 2.67 bits per heavy atom. The molecule has 0 radical (unpaired) electrons. The molecule has 0 aliphatic carbocycles. The van der Waals surface area contributed by atoms with Gasteiger partial charge in [0, 0.05) is 36.9 Å². The zero-order chi connectivity index (χ0) is 21.5. The number of rotatable bonds is 9. The molecule has 8 nitrogen and oxygen atoms in total. The Morgan fingerprint density at radius 1 is 1.23 bits per heavy atom. The third-order valence-corrected chi connectivity index (χ3v) is 5.72. The van der Waals surface area contributed by atoms with Crippen LogP contribution in [0.2, 0.25) is 0 Å². The lowest BCUT2D eigenvalue weighted by Gasteiger charge is -2.14. The molecule has 1 fully saturated rings. The van der Waals surface area contributed by atoms with Crippen molar-refractivity contribution in [2.24, 2.45) is 0 Å². The smallest absolute Gasteiger partial charge is 0.269 e. The number of thiocarbonyl (C=S) groups is 1. The highest BCUT2D eigenvalue weighted by Crippen LogP contribution is 2.32. The third kappa shape index (κ3) is 5.77. The maximum atomic E-state index is 12.5. The number of benzene rings is 1. The summed E-state index contributed by atoms with van der Waals surface area (Å²) >= 11 is 6.55. The van der Waals surface area contributed by atoms with Crippen LogP contribution in [0.5, 0.6) is 0 Å². The van der Waals surface area contributed by atoms with Crippen LogP contribution in [-0.4, -0.2) is 32.5 Å². The first-order chi connectivity index (χ1) is 14.4. The fourth-order valence-electron chi connectivity index (χ4n) is 2.82. The summed E-state index contributed by atoms with van der Waals surface area (Å²) in [5, 5.41) is 13.4. The molecule has 0 atom stereocenters. The number of nitrogens with one attached hydrogen (secondary N) is 1. The van der Waals surface area contributed by atoms with Crippen molar-refractivity contribution >= 4 is 57.6 Å². The van der Waals surface area contributed by atoms with Crippen LogP contribution in [-0.2, 0) is 9.59 Å². The molecule has 2 heterocycles. The summed E-state index contributed by atoms with van der Waals surface area (Å²) < 4.78 is 5.76. The summed E-state index contributed by atoms with van der Waals surface area (Å²) in [6, 6.07) is 9.22. The molecule has 0 bridgehead atoms. The summed E-state index contributed by atoms with van der Waals surface area (Å²) in [7, 11) is 0. The minimum absolute atomic E-state index is 0.0253. The minimum Gasteiger partial charge on any atom is -0.465 e. The summed E-state index contributed by atoms with van der Waals surface area (Å²) in [5.41, 5.74) is 0.495. The van der Waals surface area contributed by atoms with Crippen molar-refractivity contribution < 1.29 is 18.9 Å². The van der Waals surface area contributed by atoms with Crippen molar-refractivity contribution in [2.45, 2.75) is 25.7 Å². The molecule has 1 aromatic heterocycles. The van der Waals surface area contributed by atoms with Crippen LogP contribution < -0.4 is 5.32 Å². The number of nitro benzene ring substituents is 1. The van der Waals surface area contributed by atoms with Crippen molar-refractivity contribution in [3.8, 4) is 0 Å². The van der Waals surface area contributed by atoms with E-state index < -0.39 is 4.92 Å². The van der Waals surface area contributed by atoms with E-state index in [0.29, 0.717) is 40.1 Å². The van der Waals surface area contributed by atoms with Gasteiger partial charge in [-0.1, -0.05) is 30.4 Å². The normalized spacial score (nSPS) is 15.1. The Morgan fingerprint density at radius 2 is 2.00 bits per heavy atom. The van der Waals surface area contributed by atoms with E-state index in [4.69, 9.17) is 16.6 Å². The second-order valence-corrected chi connectivity index (χ2v) is 8.19. The van der Waals surface area contributed by atoms with E-state index in [1.54, 1.807) is 29.4 Å². The third-order valence-electron chi connectivity index (χ3n) is 4.34. The van der Waals surface area contributed by atoms with Gasteiger partial charge in [-0.25, -0.2) is 0 Å². The largest absolute Gasteiger partial charge is 0.465 e. The topological polar surface area (TPSA) is 106 Å². The molecule has 1 aliphatic heterocycles. The van der Waals surface area contributed by atoms with Crippen LogP contribution in [0.25, 0.3) is 6.08 Å². The van der Waals surface area contributed by atoms with E-state index in [1.807, 2.05) is 0 Å². The Labute approximate surface area is 182 Å². The monoisotopic (exact) mass is 445 g/mol. The Bertz CT molecular complexity index is 971. The van der Waals surface area contributed by atoms with Gasteiger partial charge in [-0.05, 0) is 37.1 Å². The maximum absolute atomic E-state index is 12.5. The van der Waals surface area contributed by atoms with Gasteiger partial charge in [0.2, 0.25) is 5.91 Å². The van der Waals surface area contributed by atoms with E-state index in [-0.39, 0.29) is 17.5 Å². The molecule has 2 aromatic rings. The predicted octanol–water partition coefficient (Wildman–Crippen LogP) is 4.59. The fourth-order valence-corrected chi connectivity index (χ4v) is 4.11. The molecule has 0 saturated carbocycles. The number of thioether (sulfide) groups is 1. The number of anilines is 1. The fraction of sp³-hybridized carbons (Fsp3) is 0.250. The molecule has 0 unspecified atom stereocenters. The number of carbonyl (C=O) groups excluding carboxylic acids is 2. The van der Waals surface area contributed by atoms with Gasteiger partial charge < -0.3 is 9.73 Å². The van der Waals surface area contributed by atoms with Crippen molar-refractivity contribution in [3.05, 3.63) is 63.4 Å². The van der Waals surface area contributed by atoms with Crippen LogP contribution in [0, 0.1) is 10.1 Å². The zero-order valence-corrected chi connectivity index (χ0v) is 17.5. The first-order valence-electron chi connectivity index (χ1n) is 9.27. The van der Waals surface area contributed by atoms with Crippen LogP contribution in [0.4, 0.5) is 11.4 Å². The summed E-state index contributed by atoms with van der Waals surface area (Å²) in [5.74, 6) is 0.322. The molecule has 1 aromatic carbocycles. The molecule has 0 spiro atoms. The molecule has 156 valence electrons. The highest BCUT2D eigenvalue weighted by atomic mass is 32.2. The molecule has 2 amide bonds. The molecule has 30 heavy (non-hydrogen) atoms. The number of nitrogens with zero attached hydrogens (tertiary/aromatic N) is 2. The zero-order valence-electron chi connectivity index (χ0n) is 15.9. The quantitative estimate of drug-likeness (QED) is 0.198. The Kier molecular flexibility index (Phi) is 7.36. The van der Waals surface area contributed by atoms with Gasteiger partial charge in [0.15, 0.2) is 0 Å². The highest BCUT2D eigenvalue weighted by Gasteiger charge is 2.31. The van der Waals surface area contributed by atoms with Gasteiger partial charge in [0.05, 0.1) is 16.1 Å². The average molecular weight is 446 g/mol. The van der Waals surface area contributed by atoms with E-state index in [1.165, 1.54) is 36.0 Å². The summed E-state index contributed by atoms with van der Waals surface area (Å²) in [6.45, 7) is 0.504. The van der Waals surface area contributed by atoms with Crippen LogP contribution >= 0.6 is 24.0 Å². The second kappa shape index (κ2) is 10.2. The minimum atomic E-state index is -0.489. The SMILES string of the molecule is O=C(CCCCCN1C(=O)/C(=C/c2ccco2)SC1=S)Nc1ccc([N+](=O)[O-])cc1. The number of non-ortho nitro benzene ring substituents is 1. The van der Waals surface area contributed by atoms with Crippen molar-refractivity contribution in [2.75, 3.05) is 11.9 Å². The second-order valence-electron chi connectivity index (χ2n) is 6.51. The molecule has 10 heteroatoms. The van der Waals surface area contributed by atoms with E-state index >= 15 is 0 Å². The first-order valence-corrected chi connectivity index (χ1v) is 10.5.